The van der Waals surface area contributed by atoms with E-state index in [0.29, 0.717) is 50.9 Å². The summed E-state index contributed by atoms with van der Waals surface area (Å²) in [6, 6.07) is 16.7. The van der Waals surface area contributed by atoms with E-state index in [1.807, 2.05) is 11.0 Å². The van der Waals surface area contributed by atoms with Crippen molar-refractivity contribution in [3.63, 3.8) is 0 Å². The fourth-order valence-corrected chi connectivity index (χ4v) is 5.44. The van der Waals surface area contributed by atoms with Crippen molar-refractivity contribution >= 4 is 15.9 Å². The smallest absolute Gasteiger partial charge is 0.253 e. The Morgan fingerprint density at radius 3 is 2.10 bits per heavy atom. The lowest BCUT2D eigenvalue weighted by molar-refractivity contribution is 0.0713. The number of carbonyl (C=O) groups is 1. The summed E-state index contributed by atoms with van der Waals surface area (Å²) in [6.07, 6.45) is 1.89. The van der Waals surface area contributed by atoms with E-state index in [1.54, 1.807) is 12.1 Å². The largest absolute Gasteiger partial charge is 0.379 e. The van der Waals surface area contributed by atoms with Crippen LogP contribution in [0.1, 0.15) is 34.7 Å². The highest BCUT2D eigenvalue weighted by atomic mass is 32.2. The molecule has 0 radical (unpaired) electrons. The number of piperidine rings is 1. The first kappa shape index (κ1) is 20.1. The van der Waals surface area contributed by atoms with Crippen LogP contribution in [0.25, 0.3) is 0 Å². The number of carbonyl (C=O) groups excluding carboxylic acids is 1. The van der Waals surface area contributed by atoms with Crippen LogP contribution in [0, 0.1) is 0 Å². The molecule has 0 unspecified atom stereocenters. The number of morpholine rings is 1. The van der Waals surface area contributed by atoms with Crippen LogP contribution in [0.4, 0.5) is 0 Å². The Kier molecular flexibility index (Phi) is 5.99. The van der Waals surface area contributed by atoms with Crippen molar-refractivity contribution in [1.29, 1.82) is 0 Å². The van der Waals surface area contributed by atoms with Gasteiger partial charge in [-0.25, -0.2) is 8.42 Å². The minimum absolute atomic E-state index is 0.0353. The molecule has 2 heterocycles. The first-order valence-corrected chi connectivity index (χ1v) is 11.5. The molecule has 1 amide bonds. The van der Waals surface area contributed by atoms with Crippen LogP contribution in [0.2, 0.25) is 0 Å². The molecule has 29 heavy (non-hydrogen) atoms. The van der Waals surface area contributed by atoms with Gasteiger partial charge in [0.25, 0.3) is 5.91 Å². The number of likely N-dealkylation sites (tertiary alicyclic amines) is 1. The molecule has 2 aromatic rings. The van der Waals surface area contributed by atoms with E-state index < -0.39 is 10.0 Å². The maximum atomic E-state index is 12.9. The standard InChI is InChI=1S/C22H26N2O4S/c25-22(23-12-10-19(11-13-23)18-4-2-1-3-5-18)20-6-8-21(9-7-20)29(26,27)24-14-16-28-17-15-24/h1-9,19H,10-17H2. The zero-order valence-corrected chi connectivity index (χ0v) is 17.2. The lowest BCUT2D eigenvalue weighted by Crippen LogP contribution is -2.40. The van der Waals surface area contributed by atoms with Gasteiger partial charge < -0.3 is 9.64 Å². The van der Waals surface area contributed by atoms with E-state index in [9.17, 15) is 13.2 Å². The van der Waals surface area contributed by atoms with Gasteiger partial charge in [-0.05, 0) is 48.6 Å². The summed E-state index contributed by atoms with van der Waals surface area (Å²) >= 11 is 0. The molecule has 2 saturated heterocycles. The van der Waals surface area contributed by atoms with E-state index in [1.165, 1.54) is 22.0 Å². The predicted octanol–water partition coefficient (Wildman–Crippen LogP) is 2.73. The minimum Gasteiger partial charge on any atom is -0.379 e. The number of nitrogens with zero attached hydrogens (tertiary/aromatic N) is 2. The second kappa shape index (κ2) is 8.65. The number of sulfonamides is 1. The lowest BCUT2D eigenvalue weighted by Gasteiger charge is -2.32. The fourth-order valence-electron chi connectivity index (χ4n) is 4.03. The third-order valence-electron chi connectivity index (χ3n) is 5.76. The normalized spacial score (nSPS) is 19.2. The number of benzene rings is 2. The van der Waals surface area contributed by atoms with E-state index in [0.717, 1.165) is 12.8 Å². The molecule has 0 N–H and O–H groups in total. The Hall–Kier alpha value is -2.22. The molecule has 0 saturated carbocycles. The van der Waals surface area contributed by atoms with Gasteiger partial charge in [-0.3, -0.25) is 4.79 Å². The fraction of sp³-hybridized carbons (Fsp3) is 0.409. The van der Waals surface area contributed by atoms with E-state index in [-0.39, 0.29) is 10.8 Å². The van der Waals surface area contributed by atoms with Gasteiger partial charge in [-0.1, -0.05) is 30.3 Å². The van der Waals surface area contributed by atoms with Crippen LogP contribution >= 0.6 is 0 Å². The van der Waals surface area contributed by atoms with Gasteiger partial charge in [-0.2, -0.15) is 4.31 Å². The molecule has 7 heteroatoms. The van der Waals surface area contributed by atoms with E-state index >= 15 is 0 Å². The number of amides is 1. The summed E-state index contributed by atoms with van der Waals surface area (Å²) in [6.45, 7) is 2.97. The molecule has 6 nitrogen and oxygen atoms in total. The third kappa shape index (κ3) is 4.37. The molecular formula is C22H26N2O4S. The van der Waals surface area contributed by atoms with Crippen LogP contribution in [0.3, 0.4) is 0 Å². The van der Waals surface area contributed by atoms with Gasteiger partial charge in [0, 0.05) is 31.7 Å². The molecule has 0 spiro atoms. The van der Waals surface area contributed by atoms with Crippen LogP contribution in [-0.4, -0.2) is 62.9 Å². The van der Waals surface area contributed by atoms with Gasteiger partial charge in [-0.15, -0.1) is 0 Å². The van der Waals surface area contributed by atoms with Crippen LogP contribution in [0.5, 0.6) is 0 Å². The summed E-state index contributed by atoms with van der Waals surface area (Å²) < 4.78 is 32.1. The first-order valence-electron chi connectivity index (χ1n) is 10.1. The van der Waals surface area contributed by atoms with Gasteiger partial charge in [0.2, 0.25) is 10.0 Å². The molecule has 2 aromatic carbocycles. The summed E-state index contributed by atoms with van der Waals surface area (Å²) in [5.74, 6) is 0.452. The van der Waals surface area contributed by atoms with Gasteiger partial charge >= 0.3 is 0 Å². The molecule has 0 atom stereocenters. The van der Waals surface area contributed by atoms with Gasteiger partial charge in [0.1, 0.15) is 0 Å². The zero-order valence-electron chi connectivity index (χ0n) is 16.4. The Labute approximate surface area is 172 Å². The lowest BCUT2D eigenvalue weighted by atomic mass is 9.89. The summed E-state index contributed by atoms with van der Waals surface area (Å²) in [5, 5.41) is 0. The highest BCUT2D eigenvalue weighted by Crippen LogP contribution is 2.28. The zero-order chi connectivity index (χ0) is 20.3. The van der Waals surface area contributed by atoms with Crippen molar-refractivity contribution < 1.29 is 17.9 Å². The van der Waals surface area contributed by atoms with Crippen molar-refractivity contribution in [2.45, 2.75) is 23.7 Å². The van der Waals surface area contributed by atoms with Crippen LogP contribution < -0.4 is 0 Å². The first-order chi connectivity index (χ1) is 14.1. The quantitative estimate of drug-likeness (QED) is 0.772. The third-order valence-corrected chi connectivity index (χ3v) is 7.68. The molecule has 4 rings (SSSR count). The van der Waals surface area contributed by atoms with Crippen molar-refractivity contribution in [3.8, 4) is 0 Å². The molecule has 0 bridgehead atoms. The number of hydrogen-bond acceptors (Lipinski definition) is 4. The van der Waals surface area contributed by atoms with Gasteiger partial charge in [0.05, 0.1) is 18.1 Å². The maximum absolute atomic E-state index is 12.9. The molecule has 2 fully saturated rings. The number of rotatable bonds is 4. The molecule has 2 aliphatic heterocycles. The maximum Gasteiger partial charge on any atom is 0.253 e. The highest BCUT2D eigenvalue weighted by Gasteiger charge is 2.28. The Morgan fingerprint density at radius 2 is 1.48 bits per heavy atom. The van der Waals surface area contributed by atoms with Crippen LogP contribution in [-0.2, 0) is 14.8 Å². The monoisotopic (exact) mass is 414 g/mol. The topological polar surface area (TPSA) is 66.9 Å². The number of ether oxygens (including phenoxy) is 1. The molecule has 0 aromatic heterocycles. The Bertz CT molecular complexity index is 931. The average Bonchev–Trinajstić information content (AvgIpc) is 2.80. The van der Waals surface area contributed by atoms with Crippen molar-refractivity contribution in [2.24, 2.45) is 0 Å². The van der Waals surface area contributed by atoms with Crippen LogP contribution in [0.15, 0.2) is 59.5 Å². The summed E-state index contributed by atoms with van der Waals surface area (Å²) in [4.78, 5) is 14.9. The predicted molar refractivity (Wildman–Crippen MR) is 110 cm³/mol. The summed E-state index contributed by atoms with van der Waals surface area (Å²) in [5.41, 5.74) is 1.86. The molecular weight excluding hydrogens is 388 g/mol. The second-order valence-electron chi connectivity index (χ2n) is 7.52. The van der Waals surface area contributed by atoms with E-state index in [4.69, 9.17) is 4.74 Å². The van der Waals surface area contributed by atoms with E-state index in [2.05, 4.69) is 24.3 Å². The van der Waals surface area contributed by atoms with Crippen molar-refractivity contribution in [1.82, 2.24) is 9.21 Å². The minimum atomic E-state index is -3.54. The average molecular weight is 415 g/mol. The second-order valence-corrected chi connectivity index (χ2v) is 9.46. The van der Waals surface area contributed by atoms with Crippen molar-refractivity contribution in [2.75, 3.05) is 39.4 Å². The SMILES string of the molecule is O=C(c1ccc(S(=O)(=O)N2CCOCC2)cc1)N1CCC(c2ccccc2)CC1. The molecule has 154 valence electrons. The molecule has 2 aliphatic rings. The summed E-state index contributed by atoms with van der Waals surface area (Å²) in [7, 11) is -3.54. The Morgan fingerprint density at radius 1 is 0.862 bits per heavy atom. The molecule has 0 aliphatic carbocycles. The Balaban J connectivity index is 1.40. The highest BCUT2D eigenvalue weighted by molar-refractivity contribution is 7.89. The van der Waals surface area contributed by atoms with Gasteiger partial charge in [0.15, 0.2) is 0 Å². The number of hydrogen-bond donors (Lipinski definition) is 0. The van der Waals surface area contributed by atoms with Crippen molar-refractivity contribution in [3.05, 3.63) is 65.7 Å².